The molecule has 186 valence electrons. The number of ether oxygens (including phenoxy) is 1. The summed E-state index contributed by atoms with van der Waals surface area (Å²) < 4.78 is 8.78. The van der Waals surface area contributed by atoms with E-state index >= 15 is 0 Å². The van der Waals surface area contributed by atoms with Crippen LogP contribution in [-0.2, 0) is 0 Å². The van der Waals surface area contributed by atoms with E-state index in [0.717, 1.165) is 17.1 Å². The fourth-order valence-corrected chi connectivity index (χ4v) is 6.55. The summed E-state index contributed by atoms with van der Waals surface area (Å²) in [7, 11) is 0. The third-order valence-electron chi connectivity index (χ3n) is 8.36. The molecular weight excluding hydrogens is 486 g/mol. The van der Waals surface area contributed by atoms with Gasteiger partial charge in [-0.1, -0.05) is 97.1 Å². The van der Waals surface area contributed by atoms with E-state index in [1.807, 2.05) is 0 Å². The molecule has 0 radical (unpaired) electrons. The van der Waals surface area contributed by atoms with Gasteiger partial charge in [-0.05, 0) is 69.9 Å². The van der Waals surface area contributed by atoms with Gasteiger partial charge in [0.25, 0.3) is 0 Å². The standard InChI is InChI=1S/C38H23NO/c1-2-10-28(11-3-1)39-34-14-5-4-12-29(34)31-20-18-24-16-17-26(22-32(24)38(31)39)27-19-21-35-33(23-27)30-13-6-8-25-9-7-15-36(40-35)37(25)30/h1-23H. The summed E-state index contributed by atoms with van der Waals surface area (Å²) in [6.07, 6.45) is 0. The summed E-state index contributed by atoms with van der Waals surface area (Å²) >= 11 is 0. The van der Waals surface area contributed by atoms with Gasteiger partial charge in [-0.2, -0.15) is 0 Å². The molecule has 9 rings (SSSR count). The van der Waals surface area contributed by atoms with E-state index in [1.165, 1.54) is 65.7 Å². The van der Waals surface area contributed by atoms with Crippen molar-refractivity contribution in [1.82, 2.24) is 4.57 Å². The van der Waals surface area contributed by atoms with Gasteiger partial charge in [0, 0.05) is 32.8 Å². The van der Waals surface area contributed by atoms with Gasteiger partial charge in [0.2, 0.25) is 0 Å². The highest BCUT2D eigenvalue weighted by molar-refractivity contribution is 6.19. The topological polar surface area (TPSA) is 14.2 Å². The van der Waals surface area contributed by atoms with E-state index in [-0.39, 0.29) is 0 Å². The first kappa shape index (κ1) is 21.6. The number of fused-ring (bicyclic) bond motifs is 7. The molecule has 0 saturated heterocycles. The lowest BCUT2D eigenvalue weighted by atomic mass is 9.91. The van der Waals surface area contributed by atoms with Gasteiger partial charge < -0.3 is 9.30 Å². The first-order valence-electron chi connectivity index (χ1n) is 13.7. The molecule has 8 aromatic rings. The second-order valence-corrected chi connectivity index (χ2v) is 10.6. The molecule has 0 saturated carbocycles. The Morgan fingerprint density at radius 1 is 0.450 bits per heavy atom. The lowest BCUT2D eigenvalue weighted by Crippen LogP contribution is -1.97. The van der Waals surface area contributed by atoms with Gasteiger partial charge in [0.1, 0.15) is 11.5 Å². The van der Waals surface area contributed by atoms with E-state index in [1.54, 1.807) is 0 Å². The van der Waals surface area contributed by atoms with Gasteiger partial charge in [-0.15, -0.1) is 0 Å². The monoisotopic (exact) mass is 509 g/mol. The summed E-state index contributed by atoms with van der Waals surface area (Å²) in [6.45, 7) is 0. The highest BCUT2D eigenvalue weighted by atomic mass is 16.5. The molecular formula is C38H23NO. The Balaban J connectivity index is 1.31. The smallest absolute Gasteiger partial charge is 0.135 e. The molecule has 7 aromatic carbocycles. The summed E-state index contributed by atoms with van der Waals surface area (Å²) in [4.78, 5) is 0. The van der Waals surface area contributed by atoms with Gasteiger partial charge >= 0.3 is 0 Å². The predicted molar refractivity (Wildman–Crippen MR) is 167 cm³/mol. The highest BCUT2D eigenvalue weighted by Gasteiger charge is 2.21. The summed E-state index contributed by atoms with van der Waals surface area (Å²) in [5.41, 5.74) is 8.37. The van der Waals surface area contributed by atoms with Gasteiger partial charge in [0.05, 0.1) is 11.0 Å². The SMILES string of the molecule is c1ccc(-n2c3ccccc3c3ccc4ccc(-c5ccc6c(c5)-c5cccc7cccc(c57)O6)cc4c32)cc1. The van der Waals surface area contributed by atoms with Crippen LogP contribution in [0.25, 0.3) is 71.3 Å². The van der Waals surface area contributed by atoms with Crippen molar-refractivity contribution >= 4 is 43.4 Å². The van der Waals surface area contributed by atoms with Gasteiger partial charge in [-0.25, -0.2) is 0 Å². The van der Waals surface area contributed by atoms with E-state index in [9.17, 15) is 0 Å². The lowest BCUT2D eigenvalue weighted by molar-refractivity contribution is 0.487. The van der Waals surface area contributed by atoms with Crippen molar-refractivity contribution in [2.75, 3.05) is 0 Å². The fraction of sp³-hybridized carbons (Fsp3) is 0. The molecule has 0 aliphatic carbocycles. The quantitative estimate of drug-likeness (QED) is 0.226. The van der Waals surface area contributed by atoms with Crippen LogP contribution in [0.15, 0.2) is 140 Å². The molecule has 0 fully saturated rings. The third-order valence-corrected chi connectivity index (χ3v) is 8.36. The molecule has 1 aromatic heterocycles. The first-order valence-corrected chi connectivity index (χ1v) is 13.7. The fourth-order valence-electron chi connectivity index (χ4n) is 6.55. The van der Waals surface area contributed by atoms with Gasteiger partial charge in [-0.3, -0.25) is 0 Å². The maximum Gasteiger partial charge on any atom is 0.135 e. The average Bonchev–Trinajstić information content (AvgIpc) is 3.36. The van der Waals surface area contributed by atoms with Crippen LogP contribution in [-0.4, -0.2) is 4.57 Å². The Bertz CT molecular complexity index is 2290. The van der Waals surface area contributed by atoms with Gasteiger partial charge in [0.15, 0.2) is 0 Å². The summed E-state index contributed by atoms with van der Waals surface area (Å²) in [5, 5.41) is 7.40. The number of rotatable bonds is 2. The van der Waals surface area contributed by atoms with Crippen LogP contribution < -0.4 is 4.74 Å². The number of hydrogen-bond acceptors (Lipinski definition) is 1. The zero-order valence-corrected chi connectivity index (χ0v) is 21.6. The van der Waals surface area contributed by atoms with Crippen LogP contribution in [0.5, 0.6) is 11.5 Å². The molecule has 40 heavy (non-hydrogen) atoms. The Morgan fingerprint density at radius 3 is 2.15 bits per heavy atom. The lowest BCUT2D eigenvalue weighted by Gasteiger charge is -2.22. The van der Waals surface area contributed by atoms with Crippen molar-refractivity contribution in [3.8, 4) is 39.4 Å². The molecule has 1 aliphatic heterocycles. The Kier molecular flexibility index (Phi) is 4.36. The molecule has 0 N–H and O–H groups in total. The minimum atomic E-state index is 0.905. The van der Waals surface area contributed by atoms with Crippen LogP contribution in [0.2, 0.25) is 0 Å². The molecule has 2 heteroatoms. The van der Waals surface area contributed by atoms with Crippen LogP contribution in [0.4, 0.5) is 0 Å². The second kappa shape index (κ2) is 8.08. The number of nitrogens with zero attached hydrogens (tertiary/aromatic N) is 1. The Labute approximate surface area is 231 Å². The molecule has 0 atom stereocenters. The normalized spacial score (nSPS) is 12.2. The maximum atomic E-state index is 6.36. The second-order valence-electron chi connectivity index (χ2n) is 10.6. The molecule has 0 amide bonds. The molecule has 2 nitrogen and oxygen atoms in total. The van der Waals surface area contributed by atoms with Crippen molar-refractivity contribution in [2.24, 2.45) is 0 Å². The molecule has 2 heterocycles. The van der Waals surface area contributed by atoms with Crippen LogP contribution in [0.1, 0.15) is 0 Å². The molecule has 0 spiro atoms. The van der Waals surface area contributed by atoms with E-state index < -0.39 is 0 Å². The molecule has 1 aliphatic rings. The first-order chi connectivity index (χ1) is 19.8. The molecule has 0 bridgehead atoms. The number of benzene rings is 7. The minimum absolute atomic E-state index is 0.905. The number of para-hydroxylation sites is 2. The van der Waals surface area contributed by atoms with Crippen molar-refractivity contribution in [3.63, 3.8) is 0 Å². The minimum Gasteiger partial charge on any atom is -0.456 e. The maximum absolute atomic E-state index is 6.36. The van der Waals surface area contributed by atoms with E-state index in [0.29, 0.717) is 0 Å². The van der Waals surface area contributed by atoms with Crippen molar-refractivity contribution < 1.29 is 4.74 Å². The average molecular weight is 510 g/mol. The van der Waals surface area contributed by atoms with Crippen molar-refractivity contribution in [2.45, 2.75) is 0 Å². The summed E-state index contributed by atoms with van der Waals surface area (Å²) in [5.74, 6) is 1.83. The molecule has 0 unspecified atom stereocenters. The Hall–Kier alpha value is -5.34. The van der Waals surface area contributed by atoms with Crippen LogP contribution in [0.3, 0.4) is 0 Å². The zero-order chi connectivity index (χ0) is 26.2. The largest absolute Gasteiger partial charge is 0.456 e. The zero-order valence-electron chi connectivity index (χ0n) is 21.6. The van der Waals surface area contributed by atoms with Crippen LogP contribution >= 0.6 is 0 Å². The van der Waals surface area contributed by atoms with Crippen LogP contribution in [0, 0.1) is 0 Å². The van der Waals surface area contributed by atoms with E-state index in [2.05, 4.69) is 144 Å². The van der Waals surface area contributed by atoms with Crippen molar-refractivity contribution in [3.05, 3.63) is 140 Å². The van der Waals surface area contributed by atoms with E-state index in [4.69, 9.17) is 4.74 Å². The summed E-state index contributed by atoms with van der Waals surface area (Å²) in [6, 6.07) is 50.1. The van der Waals surface area contributed by atoms with Crippen molar-refractivity contribution in [1.29, 1.82) is 0 Å². The number of hydrogen-bond donors (Lipinski definition) is 0. The highest BCUT2D eigenvalue weighted by Crippen LogP contribution is 2.47. The number of aromatic nitrogens is 1. The third kappa shape index (κ3) is 2.99. The Morgan fingerprint density at radius 2 is 1.23 bits per heavy atom. The predicted octanol–water partition coefficient (Wildman–Crippen LogP) is 10.5.